The third-order valence-electron chi connectivity index (χ3n) is 4.04. The molecule has 0 aromatic rings. The van der Waals surface area contributed by atoms with Gasteiger partial charge in [0.2, 0.25) is 0 Å². The summed E-state index contributed by atoms with van der Waals surface area (Å²) in [6.07, 6.45) is 15.3. The molecule has 0 aromatic heterocycles. The van der Waals surface area contributed by atoms with Gasteiger partial charge in [0, 0.05) is 0 Å². The van der Waals surface area contributed by atoms with E-state index in [0.29, 0.717) is 5.92 Å². The molecule has 1 nitrogen and oxygen atoms in total. The van der Waals surface area contributed by atoms with E-state index in [4.69, 9.17) is 4.74 Å². The van der Waals surface area contributed by atoms with Crippen LogP contribution in [-0.2, 0) is 4.74 Å². The normalized spacial score (nSPS) is 17.3. The molecule has 0 radical (unpaired) electrons. The Morgan fingerprint density at radius 2 is 1.56 bits per heavy atom. The molecule has 1 saturated carbocycles. The summed E-state index contributed by atoms with van der Waals surface area (Å²) in [6.45, 7) is 12.4. The molecule has 0 atom stereocenters. The average molecular weight is 248 g/mol. The fraction of sp³-hybridized carbons (Fsp3) is 0.647. The molecule has 0 heterocycles. The van der Waals surface area contributed by atoms with E-state index < -0.39 is 0 Å². The summed E-state index contributed by atoms with van der Waals surface area (Å²) in [7, 11) is 0. The number of rotatable bonds is 9. The van der Waals surface area contributed by atoms with Gasteiger partial charge in [0.1, 0.15) is 0 Å². The third kappa shape index (κ3) is 4.13. The van der Waals surface area contributed by atoms with E-state index in [0.717, 1.165) is 25.9 Å². The second kappa shape index (κ2) is 8.31. The summed E-state index contributed by atoms with van der Waals surface area (Å²) < 4.78 is 6.28. The summed E-state index contributed by atoms with van der Waals surface area (Å²) in [6, 6.07) is 0. The van der Waals surface area contributed by atoms with Gasteiger partial charge in [0.25, 0.3) is 0 Å². The summed E-state index contributed by atoms with van der Waals surface area (Å²) >= 11 is 0. The van der Waals surface area contributed by atoms with Crippen LogP contribution in [0.3, 0.4) is 0 Å². The predicted octanol–water partition coefficient (Wildman–Crippen LogP) is 5.05. The maximum Gasteiger partial charge on any atom is 0.0778 e. The van der Waals surface area contributed by atoms with E-state index in [1.807, 2.05) is 18.2 Å². The quantitative estimate of drug-likeness (QED) is 0.410. The van der Waals surface area contributed by atoms with Crippen molar-refractivity contribution in [1.29, 1.82) is 0 Å². The molecule has 1 rings (SSSR count). The van der Waals surface area contributed by atoms with Crippen molar-refractivity contribution in [3.05, 3.63) is 38.0 Å². The number of ether oxygens (including phenoxy) is 1. The zero-order valence-electron chi connectivity index (χ0n) is 11.7. The lowest BCUT2D eigenvalue weighted by atomic mass is 9.73. The maximum atomic E-state index is 6.28. The molecule has 0 N–H and O–H groups in total. The largest absolute Gasteiger partial charge is 0.374 e. The van der Waals surface area contributed by atoms with Crippen molar-refractivity contribution in [2.24, 2.45) is 5.92 Å². The Kier molecular flexibility index (Phi) is 7.04. The predicted molar refractivity (Wildman–Crippen MR) is 79.7 cm³/mol. The lowest BCUT2D eigenvalue weighted by Crippen LogP contribution is -2.41. The molecule has 102 valence electrons. The summed E-state index contributed by atoms with van der Waals surface area (Å²) in [5.41, 5.74) is -0.0626. The van der Waals surface area contributed by atoms with Crippen molar-refractivity contribution in [1.82, 2.24) is 0 Å². The van der Waals surface area contributed by atoms with Gasteiger partial charge in [0.05, 0.1) is 12.2 Å². The van der Waals surface area contributed by atoms with Crippen molar-refractivity contribution in [2.75, 3.05) is 6.61 Å². The monoisotopic (exact) mass is 248 g/mol. The van der Waals surface area contributed by atoms with Crippen molar-refractivity contribution in [3.63, 3.8) is 0 Å². The minimum Gasteiger partial charge on any atom is -0.374 e. The molecule has 0 aliphatic heterocycles. The highest BCUT2D eigenvalue weighted by Crippen LogP contribution is 2.40. The molecule has 0 unspecified atom stereocenters. The van der Waals surface area contributed by atoms with Gasteiger partial charge in [-0.25, -0.2) is 0 Å². The smallest absolute Gasteiger partial charge is 0.0778 e. The van der Waals surface area contributed by atoms with Gasteiger partial charge in [-0.05, 0) is 38.0 Å². The van der Waals surface area contributed by atoms with Gasteiger partial charge in [-0.1, -0.05) is 37.5 Å². The third-order valence-corrected chi connectivity index (χ3v) is 4.04. The Balaban J connectivity index is 2.75. The number of hydrogen-bond donors (Lipinski definition) is 0. The number of hydrogen-bond acceptors (Lipinski definition) is 1. The Morgan fingerprint density at radius 3 is 2.06 bits per heavy atom. The molecule has 18 heavy (non-hydrogen) atoms. The minimum atomic E-state index is -0.0626. The van der Waals surface area contributed by atoms with Crippen molar-refractivity contribution >= 4 is 0 Å². The Hall–Kier alpha value is -0.820. The van der Waals surface area contributed by atoms with Crippen LogP contribution in [0.25, 0.3) is 0 Å². The van der Waals surface area contributed by atoms with Gasteiger partial charge in [0.15, 0.2) is 0 Å². The first kappa shape index (κ1) is 15.2. The van der Waals surface area contributed by atoms with Gasteiger partial charge in [-0.3, -0.25) is 0 Å². The van der Waals surface area contributed by atoms with Crippen LogP contribution < -0.4 is 0 Å². The first-order valence-corrected chi connectivity index (χ1v) is 7.25. The highest BCUT2D eigenvalue weighted by molar-refractivity contribution is 4.99. The van der Waals surface area contributed by atoms with Crippen molar-refractivity contribution < 1.29 is 4.74 Å². The van der Waals surface area contributed by atoms with Crippen LogP contribution in [-0.4, -0.2) is 12.2 Å². The van der Waals surface area contributed by atoms with Gasteiger partial charge in [-0.15, -0.1) is 19.7 Å². The Bertz CT molecular complexity index is 251. The van der Waals surface area contributed by atoms with E-state index in [1.165, 1.54) is 32.1 Å². The van der Waals surface area contributed by atoms with E-state index in [9.17, 15) is 0 Å². The lowest BCUT2D eigenvalue weighted by molar-refractivity contribution is -0.0912. The van der Waals surface area contributed by atoms with Crippen LogP contribution in [0.1, 0.15) is 51.4 Å². The van der Waals surface area contributed by atoms with E-state index >= 15 is 0 Å². The zero-order valence-corrected chi connectivity index (χ0v) is 11.7. The van der Waals surface area contributed by atoms with Crippen molar-refractivity contribution in [2.45, 2.75) is 57.0 Å². The summed E-state index contributed by atoms with van der Waals surface area (Å²) in [5, 5.41) is 0. The fourth-order valence-corrected chi connectivity index (χ4v) is 3.12. The van der Waals surface area contributed by atoms with E-state index in [2.05, 4.69) is 19.7 Å². The van der Waals surface area contributed by atoms with Gasteiger partial charge >= 0.3 is 0 Å². The Labute approximate surface area is 113 Å². The molecule has 1 aliphatic carbocycles. The fourth-order valence-electron chi connectivity index (χ4n) is 3.12. The molecule has 0 bridgehead atoms. The first-order valence-electron chi connectivity index (χ1n) is 7.25. The molecule has 1 fully saturated rings. The molecule has 1 aliphatic rings. The highest BCUT2D eigenvalue weighted by Gasteiger charge is 2.37. The first-order chi connectivity index (χ1) is 8.79. The summed E-state index contributed by atoms with van der Waals surface area (Å²) in [5.74, 6) is 0.659. The summed E-state index contributed by atoms with van der Waals surface area (Å²) in [4.78, 5) is 0. The SMILES string of the molecule is C=CCCOC(CC=C)(CC=C)C1CCCCC1. The van der Waals surface area contributed by atoms with E-state index in [-0.39, 0.29) is 5.60 Å². The average Bonchev–Trinajstić information content (AvgIpc) is 2.40. The van der Waals surface area contributed by atoms with Crippen molar-refractivity contribution in [3.8, 4) is 0 Å². The van der Waals surface area contributed by atoms with Crippen LogP contribution in [0.4, 0.5) is 0 Å². The van der Waals surface area contributed by atoms with Crippen LogP contribution >= 0.6 is 0 Å². The zero-order chi connectivity index (χ0) is 13.3. The van der Waals surface area contributed by atoms with Crippen LogP contribution in [0.15, 0.2) is 38.0 Å². The molecule has 0 aromatic carbocycles. The van der Waals surface area contributed by atoms with Crippen LogP contribution in [0.5, 0.6) is 0 Å². The maximum absolute atomic E-state index is 6.28. The van der Waals surface area contributed by atoms with E-state index in [1.54, 1.807) is 0 Å². The van der Waals surface area contributed by atoms with Gasteiger partial charge in [-0.2, -0.15) is 0 Å². The highest BCUT2D eigenvalue weighted by atomic mass is 16.5. The van der Waals surface area contributed by atoms with Crippen LogP contribution in [0, 0.1) is 5.92 Å². The topological polar surface area (TPSA) is 9.23 Å². The van der Waals surface area contributed by atoms with Crippen LogP contribution in [0.2, 0.25) is 0 Å². The lowest BCUT2D eigenvalue weighted by Gasteiger charge is -2.42. The molecule has 0 amide bonds. The second-order valence-corrected chi connectivity index (χ2v) is 5.31. The Morgan fingerprint density at radius 1 is 0.944 bits per heavy atom. The molecule has 0 saturated heterocycles. The molecular weight excluding hydrogens is 220 g/mol. The molecule has 1 heteroatoms. The molecular formula is C17H28O. The second-order valence-electron chi connectivity index (χ2n) is 5.31. The van der Waals surface area contributed by atoms with Gasteiger partial charge < -0.3 is 4.74 Å². The standard InChI is InChI=1S/C17H28O/c1-4-7-15-18-17(13-5-2,14-6-3)16-11-9-8-10-12-16/h4-6,16H,1-3,7-15H2. The molecule has 0 spiro atoms. The minimum absolute atomic E-state index is 0.0626.